The van der Waals surface area contributed by atoms with Gasteiger partial charge in [0.1, 0.15) is 0 Å². The molecule has 0 saturated heterocycles. The molecule has 0 saturated carbocycles. The Morgan fingerprint density at radius 3 is 2.62 bits per heavy atom. The summed E-state index contributed by atoms with van der Waals surface area (Å²) in [6, 6.07) is 11.7. The van der Waals surface area contributed by atoms with E-state index in [0.29, 0.717) is 6.07 Å². The van der Waals surface area contributed by atoms with Gasteiger partial charge in [0.25, 0.3) is 5.91 Å². The number of hydrogen-bond donors (Lipinski definition) is 2. The molecule has 2 N–H and O–H groups in total. The van der Waals surface area contributed by atoms with E-state index in [2.05, 4.69) is 21.2 Å². The van der Waals surface area contributed by atoms with E-state index in [4.69, 9.17) is 5.26 Å². The summed E-state index contributed by atoms with van der Waals surface area (Å²) in [5.74, 6) is -0.866. The summed E-state index contributed by atoms with van der Waals surface area (Å²) in [5.41, 5.74) is -2.97. The summed E-state index contributed by atoms with van der Waals surface area (Å²) in [6.07, 6.45) is -3.03. The van der Waals surface area contributed by atoms with Crippen molar-refractivity contribution in [3.8, 4) is 6.07 Å². The first-order valence-electron chi connectivity index (χ1n) is 8.41. The van der Waals surface area contributed by atoms with Crippen LogP contribution in [-0.4, -0.2) is 21.2 Å². The number of carbonyl (C=O) groups excluding carboxylic acids is 1. The first-order valence-corrected chi connectivity index (χ1v) is 9.20. The molecule has 0 bridgehead atoms. The standard InChI is InChI=1S/C20H15BrF3N3O2/c1-19(29,11-27-7-6-12-8-14(21)3-5-17(12)27)18(28)26-15-4-2-13(10-25)16(9-15)20(22,23)24/h2-9,29H,11H2,1H3,(H,26,28). The highest BCUT2D eigenvalue weighted by Crippen LogP contribution is 2.33. The number of nitrogens with zero attached hydrogens (tertiary/aromatic N) is 2. The molecule has 0 aliphatic carbocycles. The van der Waals surface area contributed by atoms with E-state index in [-0.39, 0.29) is 12.2 Å². The minimum atomic E-state index is -4.74. The van der Waals surface area contributed by atoms with Crippen molar-refractivity contribution in [2.75, 3.05) is 5.32 Å². The van der Waals surface area contributed by atoms with Gasteiger partial charge < -0.3 is 15.0 Å². The van der Waals surface area contributed by atoms with Gasteiger partial charge in [-0.15, -0.1) is 0 Å². The molecular weight excluding hydrogens is 451 g/mol. The molecule has 1 heterocycles. The van der Waals surface area contributed by atoms with Crippen LogP contribution in [0, 0.1) is 11.3 Å². The van der Waals surface area contributed by atoms with Crippen molar-refractivity contribution < 1.29 is 23.1 Å². The van der Waals surface area contributed by atoms with Crippen LogP contribution in [0.1, 0.15) is 18.1 Å². The third-order valence-electron chi connectivity index (χ3n) is 4.40. The lowest BCUT2D eigenvalue weighted by atomic mass is 10.0. The van der Waals surface area contributed by atoms with Crippen LogP contribution in [0.2, 0.25) is 0 Å². The zero-order valence-electron chi connectivity index (χ0n) is 15.1. The van der Waals surface area contributed by atoms with E-state index in [1.165, 1.54) is 19.1 Å². The Labute approximate surface area is 172 Å². The average molecular weight is 466 g/mol. The number of anilines is 1. The van der Waals surface area contributed by atoms with Crippen molar-refractivity contribution in [1.82, 2.24) is 4.57 Å². The van der Waals surface area contributed by atoms with E-state index in [1.807, 2.05) is 24.3 Å². The number of aromatic nitrogens is 1. The van der Waals surface area contributed by atoms with E-state index < -0.39 is 28.8 Å². The van der Waals surface area contributed by atoms with E-state index in [9.17, 15) is 23.1 Å². The van der Waals surface area contributed by atoms with Crippen LogP contribution in [0.5, 0.6) is 0 Å². The first-order chi connectivity index (χ1) is 13.5. The molecule has 3 rings (SSSR count). The van der Waals surface area contributed by atoms with Crippen LogP contribution >= 0.6 is 15.9 Å². The summed E-state index contributed by atoms with van der Waals surface area (Å²) in [5, 5.41) is 22.7. The minimum Gasteiger partial charge on any atom is -0.378 e. The van der Waals surface area contributed by atoms with Crippen molar-refractivity contribution >= 4 is 38.4 Å². The third-order valence-corrected chi connectivity index (χ3v) is 4.90. The van der Waals surface area contributed by atoms with Crippen LogP contribution in [0.4, 0.5) is 18.9 Å². The highest BCUT2D eigenvalue weighted by molar-refractivity contribution is 9.10. The molecule has 1 aromatic heterocycles. The van der Waals surface area contributed by atoms with Crippen molar-refractivity contribution in [3.05, 3.63) is 64.3 Å². The van der Waals surface area contributed by atoms with E-state index >= 15 is 0 Å². The first kappa shape index (κ1) is 20.9. The lowest BCUT2D eigenvalue weighted by Crippen LogP contribution is -2.43. The largest absolute Gasteiger partial charge is 0.417 e. The second-order valence-electron chi connectivity index (χ2n) is 6.74. The van der Waals surface area contributed by atoms with Crippen molar-refractivity contribution in [1.29, 1.82) is 5.26 Å². The zero-order chi connectivity index (χ0) is 21.4. The normalized spacial score (nSPS) is 13.7. The molecule has 29 heavy (non-hydrogen) atoms. The molecular formula is C20H15BrF3N3O2. The molecule has 0 spiro atoms. The van der Waals surface area contributed by atoms with Crippen molar-refractivity contribution in [2.45, 2.75) is 25.2 Å². The van der Waals surface area contributed by atoms with Gasteiger partial charge in [-0.05, 0) is 49.4 Å². The molecule has 150 valence electrons. The van der Waals surface area contributed by atoms with Crippen molar-refractivity contribution in [3.63, 3.8) is 0 Å². The Bertz CT molecular complexity index is 1130. The number of aliphatic hydroxyl groups is 1. The highest BCUT2D eigenvalue weighted by atomic mass is 79.9. The monoisotopic (exact) mass is 465 g/mol. The number of nitrogens with one attached hydrogen (secondary N) is 1. The van der Waals surface area contributed by atoms with Gasteiger partial charge in [0, 0.05) is 27.3 Å². The summed E-state index contributed by atoms with van der Waals surface area (Å²) in [4.78, 5) is 12.5. The molecule has 3 aromatic rings. The number of carbonyl (C=O) groups is 1. The van der Waals surface area contributed by atoms with Gasteiger partial charge in [0.2, 0.25) is 0 Å². The van der Waals surface area contributed by atoms with Gasteiger partial charge in [-0.3, -0.25) is 4.79 Å². The Morgan fingerprint density at radius 1 is 1.24 bits per heavy atom. The van der Waals surface area contributed by atoms with Gasteiger partial charge in [-0.25, -0.2) is 0 Å². The van der Waals surface area contributed by atoms with Crippen LogP contribution in [0.25, 0.3) is 10.9 Å². The maximum Gasteiger partial charge on any atom is 0.417 e. The molecule has 0 aliphatic rings. The second-order valence-corrected chi connectivity index (χ2v) is 7.66. The second kappa shape index (κ2) is 7.54. The molecule has 9 heteroatoms. The fourth-order valence-electron chi connectivity index (χ4n) is 2.93. The highest BCUT2D eigenvalue weighted by Gasteiger charge is 2.35. The minimum absolute atomic E-state index is 0.105. The average Bonchev–Trinajstić information content (AvgIpc) is 3.02. The van der Waals surface area contributed by atoms with Gasteiger partial charge in [0.15, 0.2) is 5.60 Å². The Kier molecular flexibility index (Phi) is 5.43. The number of benzene rings is 2. The third kappa shape index (κ3) is 4.44. The SMILES string of the molecule is CC(O)(Cn1ccc2cc(Br)ccc21)C(=O)Nc1ccc(C#N)c(C(F)(F)F)c1. The maximum atomic E-state index is 13.1. The molecule has 2 aromatic carbocycles. The van der Waals surface area contributed by atoms with Crippen LogP contribution in [0.15, 0.2) is 53.1 Å². The number of hydrogen-bond acceptors (Lipinski definition) is 3. The van der Waals surface area contributed by atoms with Gasteiger partial charge in [-0.2, -0.15) is 18.4 Å². The zero-order valence-corrected chi connectivity index (χ0v) is 16.7. The van der Waals surface area contributed by atoms with E-state index in [1.54, 1.807) is 10.8 Å². The predicted molar refractivity (Wildman–Crippen MR) is 105 cm³/mol. The number of nitriles is 1. The number of amides is 1. The molecule has 0 fully saturated rings. The number of halogens is 4. The fourth-order valence-corrected chi connectivity index (χ4v) is 3.31. The quantitative estimate of drug-likeness (QED) is 0.586. The molecule has 1 amide bonds. The van der Waals surface area contributed by atoms with Crippen LogP contribution < -0.4 is 5.32 Å². The predicted octanol–water partition coefficient (Wildman–Crippen LogP) is 4.68. The van der Waals surface area contributed by atoms with Crippen LogP contribution in [-0.2, 0) is 17.5 Å². The Morgan fingerprint density at radius 2 is 1.97 bits per heavy atom. The van der Waals surface area contributed by atoms with Gasteiger partial charge >= 0.3 is 6.18 Å². The topological polar surface area (TPSA) is 78.1 Å². The molecule has 0 radical (unpaired) electrons. The fraction of sp³-hybridized carbons (Fsp3) is 0.200. The lowest BCUT2D eigenvalue weighted by Gasteiger charge is -2.24. The molecule has 1 unspecified atom stereocenters. The summed E-state index contributed by atoms with van der Waals surface area (Å²) >= 11 is 3.37. The number of alkyl halides is 3. The summed E-state index contributed by atoms with van der Waals surface area (Å²) in [6.45, 7) is 1.17. The van der Waals surface area contributed by atoms with Gasteiger partial charge in [0.05, 0.1) is 23.7 Å². The number of fused-ring (bicyclic) bond motifs is 1. The molecule has 1 atom stereocenters. The van der Waals surface area contributed by atoms with Crippen LogP contribution in [0.3, 0.4) is 0 Å². The van der Waals surface area contributed by atoms with Crippen molar-refractivity contribution in [2.24, 2.45) is 0 Å². The molecule has 0 aliphatic heterocycles. The Balaban J connectivity index is 1.83. The maximum absolute atomic E-state index is 13.1. The number of rotatable bonds is 4. The Hall–Kier alpha value is -2.83. The van der Waals surface area contributed by atoms with Gasteiger partial charge in [-0.1, -0.05) is 15.9 Å². The summed E-state index contributed by atoms with van der Waals surface area (Å²) < 4.78 is 41.9. The summed E-state index contributed by atoms with van der Waals surface area (Å²) in [7, 11) is 0. The lowest BCUT2D eigenvalue weighted by molar-refractivity contribution is -0.138. The smallest absolute Gasteiger partial charge is 0.378 e. The van der Waals surface area contributed by atoms with E-state index in [0.717, 1.165) is 21.4 Å². The molecule has 5 nitrogen and oxygen atoms in total.